The average Bonchev–Trinajstić information content (AvgIpc) is 3.47. The summed E-state index contributed by atoms with van der Waals surface area (Å²) in [5.74, 6) is -3.23. The van der Waals surface area contributed by atoms with Crippen molar-refractivity contribution in [2.24, 2.45) is 25.0 Å². The zero-order valence-corrected chi connectivity index (χ0v) is 23.2. The van der Waals surface area contributed by atoms with Crippen LogP contribution in [0.5, 0.6) is 0 Å². The van der Waals surface area contributed by atoms with Gasteiger partial charge in [0.25, 0.3) is 11.5 Å². The predicted octanol–water partition coefficient (Wildman–Crippen LogP) is 3.81. The predicted molar refractivity (Wildman–Crippen MR) is 140 cm³/mol. The summed E-state index contributed by atoms with van der Waals surface area (Å²) in [7, 11) is 2.84. The highest BCUT2D eigenvalue weighted by Crippen LogP contribution is 2.33. The van der Waals surface area contributed by atoms with Gasteiger partial charge in [-0.1, -0.05) is 19.9 Å². The van der Waals surface area contributed by atoms with E-state index in [-0.39, 0.29) is 27.9 Å². The summed E-state index contributed by atoms with van der Waals surface area (Å²) in [6, 6.07) is 2.37. The first-order chi connectivity index (χ1) is 18.7. The Morgan fingerprint density at radius 1 is 1.07 bits per heavy atom. The lowest BCUT2D eigenvalue weighted by Crippen LogP contribution is -2.36. The lowest BCUT2D eigenvalue weighted by Gasteiger charge is -2.13. The second-order valence-electron chi connectivity index (χ2n) is 9.10. The average molecular weight is 599 g/mol. The van der Waals surface area contributed by atoms with Gasteiger partial charge >= 0.3 is 17.8 Å². The van der Waals surface area contributed by atoms with Crippen molar-refractivity contribution in [2.75, 3.05) is 0 Å². The number of aryl methyl sites for hydroxylation is 1. The Labute approximate surface area is 231 Å². The topological polar surface area (TPSA) is 105 Å². The molecule has 0 radical (unpaired) electrons. The molecule has 0 spiro atoms. The van der Waals surface area contributed by atoms with Crippen molar-refractivity contribution in [2.45, 2.75) is 33.2 Å². The van der Waals surface area contributed by atoms with Gasteiger partial charge in [0.1, 0.15) is 10.6 Å². The van der Waals surface area contributed by atoms with Gasteiger partial charge in [-0.3, -0.25) is 28.1 Å². The Morgan fingerprint density at radius 3 is 2.40 bits per heavy atom. The van der Waals surface area contributed by atoms with E-state index in [4.69, 9.17) is 4.74 Å². The van der Waals surface area contributed by atoms with Crippen molar-refractivity contribution < 1.29 is 31.9 Å². The maximum absolute atomic E-state index is 14.3. The molecule has 4 aromatic rings. The molecule has 0 saturated carbocycles. The zero-order chi connectivity index (χ0) is 29.5. The second kappa shape index (κ2) is 11.0. The van der Waals surface area contributed by atoms with Crippen molar-refractivity contribution in [3.63, 3.8) is 0 Å². The third-order valence-electron chi connectivity index (χ3n) is 5.98. The third-order valence-corrected chi connectivity index (χ3v) is 7.95. The number of rotatable bonds is 6. The molecule has 0 unspecified atom stereocenters. The summed E-state index contributed by atoms with van der Waals surface area (Å²) in [5, 5.41) is 3.24. The van der Waals surface area contributed by atoms with E-state index in [1.54, 1.807) is 19.2 Å². The molecule has 9 nitrogen and oxygen atoms in total. The summed E-state index contributed by atoms with van der Waals surface area (Å²) in [6.07, 6.45) is -5.17. The van der Waals surface area contributed by atoms with Gasteiger partial charge in [0, 0.05) is 25.0 Å². The summed E-state index contributed by atoms with van der Waals surface area (Å²) < 4.78 is 62.2. The molecule has 0 N–H and O–H groups in total. The number of fused-ring (bicyclic) bond motifs is 1. The number of benzene rings is 1. The first-order valence-corrected chi connectivity index (χ1v) is 13.4. The van der Waals surface area contributed by atoms with Crippen LogP contribution < -0.4 is 16.1 Å². The Morgan fingerprint density at radius 2 is 1.77 bits per heavy atom. The van der Waals surface area contributed by atoms with Crippen molar-refractivity contribution >= 4 is 44.8 Å². The zero-order valence-electron chi connectivity index (χ0n) is 21.5. The van der Waals surface area contributed by atoms with E-state index < -0.39 is 53.3 Å². The smallest absolute Gasteiger partial charge is 0.419 e. The summed E-state index contributed by atoms with van der Waals surface area (Å²) in [4.78, 5) is 54.5. The van der Waals surface area contributed by atoms with Crippen LogP contribution in [0.1, 0.15) is 25.0 Å². The molecule has 0 aliphatic rings. The van der Waals surface area contributed by atoms with Crippen molar-refractivity contribution in [3.05, 3.63) is 71.5 Å². The molecule has 15 heteroatoms. The van der Waals surface area contributed by atoms with Crippen molar-refractivity contribution in [1.82, 2.24) is 13.7 Å². The quantitative estimate of drug-likeness (QED) is 0.248. The minimum atomic E-state index is -4.88. The number of carbonyl (C=O) groups excluding carboxylic acids is 2. The highest BCUT2D eigenvalue weighted by molar-refractivity contribution is 7.17. The fraction of sp³-hybridized carbons (Fsp3) is 0.320. The van der Waals surface area contributed by atoms with Gasteiger partial charge in [-0.05, 0) is 23.1 Å². The first kappa shape index (κ1) is 29.1. The number of nitrogens with zero attached hydrogens (tertiary/aromatic N) is 4. The van der Waals surface area contributed by atoms with E-state index in [2.05, 4.69) is 4.99 Å². The van der Waals surface area contributed by atoms with Crippen LogP contribution in [0.15, 0.2) is 43.5 Å². The van der Waals surface area contributed by atoms with Gasteiger partial charge < -0.3 is 4.74 Å². The molecular weight excluding hydrogens is 576 g/mol. The number of thiazole rings is 1. The summed E-state index contributed by atoms with van der Waals surface area (Å²) in [6.45, 7) is 2.77. The molecule has 3 heterocycles. The first-order valence-electron chi connectivity index (χ1n) is 11.7. The highest BCUT2D eigenvalue weighted by Gasteiger charge is 2.34. The number of hydrogen-bond donors (Lipinski definition) is 0. The molecule has 0 atom stereocenters. The molecule has 40 heavy (non-hydrogen) atoms. The molecule has 1 amide bonds. The van der Waals surface area contributed by atoms with Crippen molar-refractivity contribution in [1.29, 1.82) is 0 Å². The molecule has 0 bridgehead atoms. The van der Waals surface area contributed by atoms with Gasteiger partial charge in [-0.25, -0.2) is 9.18 Å². The number of esters is 1. The van der Waals surface area contributed by atoms with E-state index in [0.717, 1.165) is 33.3 Å². The standard InChI is InChI=1S/C25H22F4N4O5S2/c1-12(2)22(36)38-11-33-17(13-5-6-15(16(26)7-13)25(27,28)29)10-40-23(33)30-18(34)8-14-9-39-21-19(14)20(35)31(3)24(37)32(21)4/h5-7,9-10,12H,8,11H2,1-4H3. The Kier molecular flexibility index (Phi) is 7.99. The van der Waals surface area contributed by atoms with Crippen LogP contribution in [0, 0.1) is 11.7 Å². The maximum atomic E-state index is 14.3. The molecule has 212 valence electrons. The van der Waals surface area contributed by atoms with Gasteiger partial charge in [0.15, 0.2) is 11.5 Å². The van der Waals surface area contributed by atoms with Gasteiger partial charge in [-0.15, -0.1) is 22.7 Å². The fourth-order valence-electron chi connectivity index (χ4n) is 3.84. The number of carbonyl (C=O) groups is 2. The highest BCUT2D eigenvalue weighted by atomic mass is 32.1. The Balaban J connectivity index is 1.76. The number of hydrogen-bond acceptors (Lipinski definition) is 7. The van der Waals surface area contributed by atoms with Gasteiger partial charge in [-0.2, -0.15) is 18.2 Å². The van der Waals surface area contributed by atoms with Crippen LogP contribution in [0.3, 0.4) is 0 Å². The van der Waals surface area contributed by atoms with Crippen LogP contribution in [0.2, 0.25) is 0 Å². The molecule has 1 aromatic carbocycles. The van der Waals surface area contributed by atoms with Gasteiger partial charge in [0.05, 0.1) is 29.0 Å². The van der Waals surface area contributed by atoms with Crippen molar-refractivity contribution in [3.8, 4) is 11.3 Å². The van der Waals surface area contributed by atoms with E-state index in [1.165, 1.54) is 28.6 Å². The van der Waals surface area contributed by atoms with Crippen LogP contribution >= 0.6 is 22.7 Å². The molecule has 0 fully saturated rings. The number of amides is 1. The normalized spacial score (nSPS) is 12.5. The Bertz CT molecular complexity index is 1830. The van der Waals surface area contributed by atoms with E-state index in [9.17, 15) is 36.7 Å². The van der Waals surface area contributed by atoms with Crippen LogP contribution in [0.4, 0.5) is 17.6 Å². The third kappa shape index (κ3) is 5.56. The molecule has 0 aliphatic heterocycles. The molecule has 3 aromatic heterocycles. The second-order valence-corrected chi connectivity index (χ2v) is 10.8. The minimum Gasteiger partial charge on any atom is -0.444 e. The van der Waals surface area contributed by atoms with E-state index in [1.807, 2.05) is 0 Å². The molecule has 0 aliphatic carbocycles. The number of alkyl halides is 3. The van der Waals surface area contributed by atoms with E-state index in [0.29, 0.717) is 22.5 Å². The van der Waals surface area contributed by atoms with Crippen LogP contribution in [-0.4, -0.2) is 25.6 Å². The molecule has 4 rings (SSSR count). The fourth-order valence-corrected chi connectivity index (χ4v) is 5.78. The van der Waals surface area contributed by atoms with E-state index >= 15 is 0 Å². The number of halogens is 4. The van der Waals surface area contributed by atoms with Crippen LogP contribution in [0.25, 0.3) is 21.5 Å². The van der Waals surface area contributed by atoms with Crippen LogP contribution in [-0.2, 0) is 47.7 Å². The van der Waals surface area contributed by atoms with Gasteiger partial charge in [0.2, 0.25) is 0 Å². The molecular formula is C25H22F4N4O5S2. The monoisotopic (exact) mass is 598 g/mol. The lowest BCUT2D eigenvalue weighted by atomic mass is 10.1. The Hall–Kier alpha value is -3.85. The molecule has 0 saturated heterocycles. The largest absolute Gasteiger partial charge is 0.444 e. The number of thiophene rings is 1. The lowest BCUT2D eigenvalue weighted by molar-refractivity contribution is -0.151. The summed E-state index contributed by atoms with van der Waals surface area (Å²) in [5.41, 5.74) is -1.92. The summed E-state index contributed by atoms with van der Waals surface area (Å²) >= 11 is 2.06. The minimum absolute atomic E-state index is 0.0386. The maximum Gasteiger partial charge on any atom is 0.419 e. The number of aromatic nitrogens is 3. The number of ether oxygens (including phenoxy) is 1. The SMILES string of the molecule is CC(C)C(=O)OCn1c(-c2ccc(C(F)(F)F)c(F)c2)csc1=NC(=O)Cc1csc2c1c(=O)n(C)c(=O)n2C.